The molecular formula is C14H9ClFN2O3-. The number of nitro benzene ring substituents is 1. The molecule has 0 bridgehead atoms. The Morgan fingerprint density at radius 1 is 1.33 bits per heavy atom. The number of rotatable bonds is 3. The third kappa shape index (κ3) is 3.35. The molecule has 0 fully saturated rings. The maximum atomic E-state index is 13.5. The zero-order valence-electron chi connectivity index (χ0n) is 10.8. The molecule has 0 aromatic heterocycles. The van der Waals surface area contributed by atoms with Crippen molar-refractivity contribution >= 4 is 29.2 Å². The molecule has 0 amide bonds. The highest BCUT2D eigenvalue weighted by molar-refractivity contribution is 6.31. The Morgan fingerprint density at radius 3 is 2.71 bits per heavy atom. The number of benzene rings is 2. The Kier molecular flexibility index (Phi) is 4.18. The molecule has 7 heteroatoms. The summed E-state index contributed by atoms with van der Waals surface area (Å²) in [5.41, 5.74) is 0.115. The molecule has 21 heavy (non-hydrogen) atoms. The molecular weight excluding hydrogens is 299 g/mol. The summed E-state index contributed by atoms with van der Waals surface area (Å²) in [4.78, 5) is 13.8. The van der Waals surface area contributed by atoms with Crippen LogP contribution >= 0.6 is 11.6 Å². The molecule has 0 atom stereocenters. The SMILES string of the molecule is Cc1ccc(F)c(N=Cc2cc(Cl)cc([N+](=O)[O-])c2[O-])c1. The predicted octanol–water partition coefficient (Wildman–Crippen LogP) is 3.52. The van der Waals surface area contributed by atoms with Crippen molar-refractivity contribution in [1.29, 1.82) is 0 Å². The van der Waals surface area contributed by atoms with Crippen LogP contribution in [0.25, 0.3) is 0 Å². The van der Waals surface area contributed by atoms with E-state index in [-0.39, 0.29) is 16.3 Å². The van der Waals surface area contributed by atoms with Gasteiger partial charge in [0, 0.05) is 17.3 Å². The Morgan fingerprint density at radius 2 is 2.05 bits per heavy atom. The van der Waals surface area contributed by atoms with Gasteiger partial charge in [-0.3, -0.25) is 15.1 Å². The molecule has 0 aliphatic rings. The van der Waals surface area contributed by atoms with Gasteiger partial charge in [-0.05, 0) is 42.0 Å². The quantitative estimate of drug-likeness (QED) is 0.494. The molecule has 0 aliphatic heterocycles. The molecule has 2 aromatic rings. The zero-order valence-corrected chi connectivity index (χ0v) is 11.6. The van der Waals surface area contributed by atoms with Crippen LogP contribution in [0.15, 0.2) is 35.3 Å². The number of aliphatic imine (C=N–C) groups is 1. The van der Waals surface area contributed by atoms with Crippen molar-refractivity contribution < 1.29 is 14.4 Å². The summed E-state index contributed by atoms with van der Waals surface area (Å²) in [6.07, 6.45) is 1.07. The standard InChI is InChI=1S/C14H10ClFN2O3/c1-8-2-3-11(16)12(4-8)17-7-9-5-10(15)6-13(14(9)19)18(20)21/h2-7,19H,1H3/p-1. The van der Waals surface area contributed by atoms with Crippen LogP contribution in [-0.2, 0) is 0 Å². The van der Waals surface area contributed by atoms with Gasteiger partial charge >= 0.3 is 0 Å². The van der Waals surface area contributed by atoms with Crippen LogP contribution in [0, 0.1) is 22.9 Å². The van der Waals surface area contributed by atoms with E-state index >= 15 is 0 Å². The first-order valence-corrected chi connectivity index (χ1v) is 6.21. The minimum Gasteiger partial charge on any atom is -0.867 e. The Bertz CT molecular complexity index is 747. The average molecular weight is 308 g/mol. The van der Waals surface area contributed by atoms with E-state index in [1.54, 1.807) is 13.0 Å². The summed E-state index contributed by atoms with van der Waals surface area (Å²) in [5.74, 6) is -1.37. The Balaban J connectivity index is 2.46. The minimum absolute atomic E-state index is 0.0347. The number of hydrogen-bond donors (Lipinski definition) is 0. The van der Waals surface area contributed by atoms with Crippen LogP contribution in [0.4, 0.5) is 15.8 Å². The first kappa shape index (κ1) is 14.9. The molecule has 0 aliphatic carbocycles. The van der Waals surface area contributed by atoms with Crippen molar-refractivity contribution in [3.63, 3.8) is 0 Å². The highest BCUT2D eigenvalue weighted by Crippen LogP contribution is 2.30. The summed E-state index contributed by atoms with van der Waals surface area (Å²) in [6, 6.07) is 6.54. The topological polar surface area (TPSA) is 78.6 Å². The van der Waals surface area contributed by atoms with Crippen molar-refractivity contribution in [3.05, 3.63) is 62.4 Å². The highest BCUT2D eigenvalue weighted by Gasteiger charge is 2.11. The van der Waals surface area contributed by atoms with Gasteiger partial charge in [-0.25, -0.2) is 4.39 Å². The summed E-state index contributed by atoms with van der Waals surface area (Å²) < 4.78 is 13.5. The van der Waals surface area contributed by atoms with E-state index in [0.717, 1.165) is 17.8 Å². The average Bonchev–Trinajstić information content (AvgIpc) is 2.42. The number of nitro groups is 1. The molecule has 0 heterocycles. The van der Waals surface area contributed by atoms with Crippen molar-refractivity contribution in [2.45, 2.75) is 6.92 Å². The molecule has 5 nitrogen and oxygen atoms in total. The van der Waals surface area contributed by atoms with Gasteiger partial charge in [0.1, 0.15) is 5.82 Å². The van der Waals surface area contributed by atoms with Crippen molar-refractivity contribution in [2.24, 2.45) is 4.99 Å². The molecule has 0 unspecified atom stereocenters. The van der Waals surface area contributed by atoms with Crippen molar-refractivity contribution in [3.8, 4) is 5.75 Å². The fourth-order valence-electron chi connectivity index (χ4n) is 1.69. The van der Waals surface area contributed by atoms with E-state index in [9.17, 15) is 19.6 Å². The maximum absolute atomic E-state index is 13.5. The van der Waals surface area contributed by atoms with Crippen molar-refractivity contribution in [1.82, 2.24) is 0 Å². The van der Waals surface area contributed by atoms with E-state index in [1.807, 2.05) is 0 Å². The lowest BCUT2D eigenvalue weighted by Gasteiger charge is -2.10. The third-order valence-corrected chi connectivity index (χ3v) is 2.92. The smallest absolute Gasteiger partial charge is 0.263 e. The molecule has 108 valence electrons. The molecule has 2 aromatic carbocycles. The Hall–Kier alpha value is -2.47. The second-order valence-corrected chi connectivity index (χ2v) is 4.75. The number of nitrogens with zero attached hydrogens (tertiary/aromatic N) is 2. The van der Waals surface area contributed by atoms with E-state index in [4.69, 9.17) is 11.6 Å². The molecule has 2 rings (SSSR count). The second-order valence-electron chi connectivity index (χ2n) is 4.31. The monoisotopic (exact) mass is 307 g/mol. The van der Waals surface area contributed by atoms with Crippen LogP contribution in [0.2, 0.25) is 5.02 Å². The van der Waals surface area contributed by atoms with Gasteiger partial charge in [0.2, 0.25) is 0 Å². The number of aryl methyl sites for hydroxylation is 1. The van der Waals surface area contributed by atoms with Gasteiger partial charge in [-0.2, -0.15) is 0 Å². The molecule has 0 N–H and O–H groups in total. The first-order chi connectivity index (χ1) is 9.88. The summed E-state index contributed by atoms with van der Waals surface area (Å²) >= 11 is 5.73. The first-order valence-electron chi connectivity index (χ1n) is 5.83. The Labute approximate surface area is 124 Å². The van der Waals surface area contributed by atoms with Crippen LogP contribution in [0.1, 0.15) is 11.1 Å². The van der Waals surface area contributed by atoms with Crippen molar-refractivity contribution in [2.75, 3.05) is 0 Å². The predicted molar refractivity (Wildman–Crippen MR) is 75.9 cm³/mol. The fraction of sp³-hybridized carbons (Fsp3) is 0.0714. The molecule has 0 saturated heterocycles. The van der Waals surface area contributed by atoms with Gasteiger partial charge in [-0.15, -0.1) is 0 Å². The molecule has 0 radical (unpaired) electrons. The fourth-order valence-corrected chi connectivity index (χ4v) is 1.91. The van der Waals surface area contributed by atoms with Crippen LogP contribution in [-0.4, -0.2) is 11.1 Å². The van der Waals surface area contributed by atoms with Crippen LogP contribution in [0.3, 0.4) is 0 Å². The van der Waals surface area contributed by atoms with Gasteiger partial charge in [0.25, 0.3) is 5.69 Å². The van der Waals surface area contributed by atoms with Crippen LogP contribution in [0.5, 0.6) is 5.75 Å². The zero-order chi connectivity index (χ0) is 15.6. The van der Waals surface area contributed by atoms with E-state index in [0.29, 0.717) is 0 Å². The van der Waals surface area contributed by atoms with Gasteiger partial charge in [-0.1, -0.05) is 17.7 Å². The van der Waals surface area contributed by atoms with Gasteiger partial charge in [0.15, 0.2) is 0 Å². The lowest BCUT2D eigenvalue weighted by atomic mass is 10.2. The lowest BCUT2D eigenvalue weighted by molar-refractivity contribution is -0.398. The molecule has 0 saturated carbocycles. The molecule has 0 spiro atoms. The summed E-state index contributed by atoms with van der Waals surface area (Å²) in [6.45, 7) is 1.77. The van der Waals surface area contributed by atoms with Gasteiger partial charge < -0.3 is 5.11 Å². The number of halogens is 2. The van der Waals surface area contributed by atoms with Gasteiger partial charge in [0.05, 0.1) is 10.6 Å². The largest absolute Gasteiger partial charge is 0.867 e. The highest BCUT2D eigenvalue weighted by atomic mass is 35.5. The lowest BCUT2D eigenvalue weighted by Crippen LogP contribution is -2.02. The second kappa shape index (κ2) is 5.88. The third-order valence-electron chi connectivity index (χ3n) is 2.70. The number of hydrogen-bond acceptors (Lipinski definition) is 4. The van der Waals surface area contributed by atoms with E-state index in [2.05, 4.69) is 4.99 Å². The minimum atomic E-state index is -0.821. The summed E-state index contributed by atoms with van der Waals surface area (Å²) in [7, 11) is 0. The maximum Gasteiger partial charge on any atom is 0.263 e. The van der Waals surface area contributed by atoms with E-state index < -0.39 is 22.2 Å². The normalized spacial score (nSPS) is 11.0. The summed E-state index contributed by atoms with van der Waals surface area (Å²) in [5, 5.41) is 22.6. The van der Waals surface area contributed by atoms with Crippen LogP contribution < -0.4 is 5.11 Å². The van der Waals surface area contributed by atoms with E-state index in [1.165, 1.54) is 18.2 Å².